The number of benzene rings is 1. The molecule has 1 unspecified atom stereocenters. The maximum atomic E-state index is 12.1. The lowest BCUT2D eigenvalue weighted by Gasteiger charge is -2.29. The van der Waals surface area contributed by atoms with Crippen LogP contribution in [0.5, 0.6) is 0 Å². The number of aliphatic hydroxyl groups excluding tert-OH is 1. The second kappa shape index (κ2) is 8.46. The Kier molecular flexibility index (Phi) is 7.26. The van der Waals surface area contributed by atoms with Crippen LogP contribution >= 0.6 is 23.2 Å². The zero-order valence-corrected chi connectivity index (χ0v) is 14.6. The molecule has 1 rings (SSSR count). The maximum Gasteiger partial charge on any atom is 0.317 e. The van der Waals surface area contributed by atoms with E-state index in [-0.39, 0.29) is 34.4 Å². The lowest BCUT2D eigenvalue weighted by molar-refractivity contribution is 0.108. The topological polar surface area (TPSA) is 78.6 Å². The van der Waals surface area contributed by atoms with E-state index in [2.05, 4.69) is 5.32 Å². The van der Waals surface area contributed by atoms with Crippen LogP contribution in [0.3, 0.4) is 0 Å². The van der Waals surface area contributed by atoms with Crippen molar-refractivity contribution in [1.29, 1.82) is 0 Å². The van der Waals surface area contributed by atoms with Crippen LogP contribution in [0.1, 0.15) is 38.9 Å². The number of anilines is 1. The van der Waals surface area contributed by atoms with Crippen molar-refractivity contribution in [2.75, 3.05) is 18.8 Å². The highest BCUT2D eigenvalue weighted by Crippen LogP contribution is 2.31. The van der Waals surface area contributed by atoms with Gasteiger partial charge in [-0.25, -0.2) is 4.79 Å². The summed E-state index contributed by atoms with van der Waals surface area (Å²) in [6.45, 7) is 6.50. The quantitative estimate of drug-likeness (QED) is 0.689. The summed E-state index contributed by atoms with van der Waals surface area (Å²) in [5.74, 6) is 0. The average molecular weight is 348 g/mol. The first kappa shape index (κ1) is 18.9. The van der Waals surface area contributed by atoms with E-state index in [4.69, 9.17) is 28.9 Å². The molecule has 0 radical (unpaired) electrons. The van der Waals surface area contributed by atoms with Crippen LogP contribution in [-0.2, 0) is 0 Å². The molecule has 0 spiro atoms. The third kappa shape index (κ3) is 4.93. The van der Waals surface area contributed by atoms with E-state index in [1.807, 2.05) is 20.8 Å². The summed E-state index contributed by atoms with van der Waals surface area (Å²) in [6, 6.07) is 2.88. The Balaban J connectivity index is 2.87. The van der Waals surface area contributed by atoms with E-state index in [0.29, 0.717) is 12.1 Å². The second-order valence-corrected chi connectivity index (χ2v) is 6.21. The number of amides is 2. The molecule has 22 heavy (non-hydrogen) atoms. The minimum atomic E-state index is -0.898. The molecule has 0 aliphatic rings. The summed E-state index contributed by atoms with van der Waals surface area (Å²) in [7, 11) is 0. The fourth-order valence-corrected chi connectivity index (χ4v) is 2.45. The van der Waals surface area contributed by atoms with Gasteiger partial charge in [-0.2, -0.15) is 0 Å². The SMILES string of the molecule is CCCNC(=O)N(CC(O)c1cc(Cl)c(N)c(Cl)c1)C(C)C. The van der Waals surface area contributed by atoms with Crippen molar-refractivity contribution in [1.82, 2.24) is 10.2 Å². The highest BCUT2D eigenvalue weighted by atomic mass is 35.5. The van der Waals surface area contributed by atoms with Crippen LogP contribution in [0.2, 0.25) is 10.0 Å². The molecule has 0 saturated heterocycles. The van der Waals surface area contributed by atoms with E-state index in [1.165, 1.54) is 0 Å². The molecular formula is C15H23Cl2N3O2. The van der Waals surface area contributed by atoms with Gasteiger partial charge in [0.15, 0.2) is 0 Å². The molecule has 0 bridgehead atoms. The molecule has 124 valence electrons. The number of nitrogens with one attached hydrogen (secondary N) is 1. The zero-order chi connectivity index (χ0) is 16.9. The third-order valence-electron chi connectivity index (χ3n) is 3.27. The van der Waals surface area contributed by atoms with Gasteiger partial charge in [0, 0.05) is 12.6 Å². The molecule has 0 aliphatic carbocycles. The number of carbonyl (C=O) groups excluding carboxylic acids is 1. The van der Waals surface area contributed by atoms with Crippen molar-refractivity contribution in [3.8, 4) is 0 Å². The molecule has 0 fully saturated rings. The predicted octanol–water partition coefficient (Wildman–Crippen LogP) is 3.44. The van der Waals surface area contributed by atoms with Crippen molar-refractivity contribution in [2.45, 2.75) is 39.3 Å². The Labute approximate surface area is 141 Å². The normalized spacial score (nSPS) is 12.3. The molecule has 1 aromatic carbocycles. The van der Waals surface area contributed by atoms with E-state index in [1.54, 1.807) is 17.0 Å². The maximum absolute atomic E-state index is 12.1. The number of hydrogen-bond donors (Lipinski definition) is 3. The first-order valence-electron chi connectivity index (χ1n) is 7.24. The second-order valence-electron chi connectivity index (χ2n) is 5.39. The van der Waals surface area contributed by atoms with E-state index in [9.17, 15) is 9.90 Å². The number of nitrogen functional groups attached to an aromatic ring is 1. The van der Waals surface area contributed by atoms with Crippen LogP contribution in [0.25, 0.3) is 0 Å². The van der Waals surface area contributed by atoms with Crippen molar-refractivity contribution < 1.29 is 9.90 Å². The van der Waals surface area contributed by atoms with Gasteiger partial charge < -0.3 is 21.1 Å². The van der Waals surface area contributed by atoms with E-state index < -0.39 is 6.10 Å². The number of nitrogens with zero attached hydrogens (tertiary/aromatic N) is 1. The first-order valence-corrected chi connectivity index (χ1v) is 8.00. The zero-order valence-electron chi connectivity index (χ0n) is 13.1. The molecule has 2 amide bonds. The molecule has 5 nitrogen and oxygen atoms in total. The molecule has 1 aromatic rings. The van der Waals surface area contributed by atoms with Gasteiger partial charge in [-0.1, -0.05) is 30.1 Å². The first-order chi connectivity index (χ1) is 10.3. The molecule has 4 N–H and O–H groups in total. The van der Waals surface area contributed by atoms with Crippen molar-refractivity contribution >= 4 is 34.9 Å². The fourth-order valence-electron chi connectivity index (χ4n) is 1.95. The number of hydrogen-bond acceptors (Lipinski definition) is 3. The van der Waals surface area contributed by atoms with Crippen LogP contribution in [0.15, 0.2) is 12.1 Å². The van der Waals surface area contributed by atoms with Gasteiger partial charge in [0.1, 0.15) is 0 Å². The highest BCUT2D eigenvalue weighted by Gasteiger charge is 2.22. The van der Waals surface area contributed by atoms with Crippen LogP contribution in [0.4, 0.5) is 10.5 Å². The summed E-state index contributed by atoms with van der Waals surface area (Å²) in [6.07, 6.45) is -0.0472. The minimum Gasteiger partial charge on any atom is -0.396 e. The third-order valence-corrected chi connectivity index (χ3v) is 3.89. The van der Waals surface area contributed by atoms with Gasteiger partial charge in [0.05, 0.1) is 28.4 Å². The van der Waals surface area contributed by atoms with E-state index >= 15 is 0 Å². The lowest BCUT2D eigenvalue weighted by atomic mass is 10.1. The van der Waals surface area contributed by atoms with Crippen molar-refractivity contribution in [3.05, 3.63) is 27.7 Å². The van der Waals surface area contributed by atoms with Gasteiger partial charge in [0.2, 0.25) is 0 Å². The van der Waals surface area contributed by atoms with Gasteiger partial charge in [-0.05, 0) is 38.0 Å². The summed E-state index contributed by atoms with van der Waals surface area (Å²) in [5, 5.41) is 13.8. The number of urea groups is 1. The fraction of sp³-hybridized carbons (Fsp3) is 0.533. The Morgan fingerprint density at radius 2 is 1.91 bits per heavy atom. The van der Waals surface area contributed by atoms with Gasteiger partial charge in [0.25, 0.3) is 0 Å². The van der Waals surface area contributed by atoms with Crippen LogP contribution < -0.4 is 11.1 Å². The Bertz CT molecular complexity index is 501. The molecule has 0 heterocycles. The summed E-state index contributed by atoms with van der Waals surface area (Å²) >= 11 is 12.0. The summed E-state index contributed by atoms with van der Waals surface area (Å²) in [4.78, 5) is 13.7. The largest absolute Gasteiger partial charge is 0.396 e. The molecule has 1 atom stereocenters. The van der Waals surface area contributed by atoms with Crippen molar-refractivity contribution in [3.63, 3.8) is 0 Å². The summed E-state index contributed by atoms with van der Waals surface area (Å²) < 4.78 is 0. The Morgan fingerprint density at radius 1 is 1.36 bits per heavy atom. The summed E-state index contributed by atoms with van der Waals surface area (Å²) in [5.41, 5.74) is 6.49. The molecule has 0 aliphatic heterocycles. The van der Waals surface area contributed by atoms with Gasteiger partial charge in [-0.15, -0.1) is 0 Å². The number of rotatable bonds is 6. The van der Waals surface area contributed by atoms with Crippen molar-refractivity contribution in [2.24, 2.45) is 0 Å². The van der Waals surface area contributed by atoms with Crippen LogP contribution in [0, 0.1) is 0 Å². The van der Waals surface area contributed by atoms with E-state index in [0.717, 1.165) is 6.42 Å². The molecule has 0 aromatic heterocycles. The van der Waals surface area contributed by atoms with Gasteiger partial charge >= 0.3 is 6.03 Å². The number of aliphatic hydroxyl groups is 1. The van der Waals surface area contributed by atoms with Gasteiger partial charge in [-0.3, -0.25) is 0 Å². The smallest absolute Gasteiger partial charge is 0.317 e. The Hall–Kier alpha value is -1.17. The Morgan fingerprint density at radius 3 is 2.36 bits per heavy atom. The lowest BCUT2D eigenvalue weighted by Crippen LogP contribution is -2.46. The predicted molar refractivity (Wildman–Crippen MR) is 91.4 cm³/mol. The van der Waals surface area contributed by atoms with Crippen LogP contribution in [-0.4, -0.2) is 35.2 Å². The molecular weight excluding hydrogens is 325 g/mol. The monoisotopic (exact) mass is 347 g/mol. The average Bonchev–Trinajstić information content (AvgIpc) is 2.46. The molecule has 0 saturated carbocycles. The number of halogens is 2. The molecule has 7 heteroatoms. The number of carbonyl (C=O) groups is 1. The minimum absolute atomic E-state index is 0.0498. The highest BCUT2D eigenvalue weighted by molar-refractivity contribution is 6.38. The number of nitrogens with two attached hydrogens (primary N) is 1. The standard InChI is InChI=1S/C15H23Cl2N3O2/c1-4-5-19-15(22)20(9(2)3)8-13(21)10-6-11(16)14(18)12(17)7-10/h6-7,9,13,21H,4-5,8,18H2,1-3H3,(H,19,22).